The summed E-state index contributed by atoms with van der Waals surface area (Å²) in [5, 5.41) is 3.52. The van der Waals surface area contributed by atoms with Gasteiger partial charge >= 0.3 is 0 Å². The number of fused-ring (bicyclic) bond motifs is 1. The van der Waals surface area contributed by atoms with Crippen LogP contribution in [0.25, 0.3) is 10.2 Å². The van der Waals surface area contributed by atoms with Gasteiger partial charge in [0.05, 0.1) is 10.2 Å². The van der Waals surface area contributed by atoms with Crippen LogP contribution >= 0.6 is 23.1 Å². The van der Waals surface area contributed by atoms with E-state index in [9.17, 15) is 4.79 Å². The van der Waals surface area contributed by atoms with Crippen LogP contribution in [0.4, 0.5) is 5.13 Å². The molecule has 0 unspecified atom stereocenters. The fourth-order valence-electron chi connectivity index (χ4n) is 2.12. The first-order chi connectivity index (χ1) is 10.7. The molecule has 3 aromatic rings. The standard InChI is InChI=1S/C17H16N2OS2/c1-3-21-13-7-5-12(6-8-13)16(20)19-17-18-14-9-4-11(2)10-15(14)22-17/h4-10H,3H2,1-2H3,(H,18,19,20). The van der Waals surface area contributed by atoms with Crippen LogP contribution in [0.15, 0.2) is 47.4 Å². The van der Waals surface area contributed by atoms with E-state index in [-0.39, 0.29) is 5.91 Å². The van der Waals surface area contributed by atoms with Gasteiger partial charge in [0.1, 0.15) is 0 Å². The molecule has 0 radical (unpaired) electrons. The summed E-state index contributed by atoms with van der Waals surface area (Å²) in [6, 6.07) is 13.7. The molecule has 0 atom stereocenters. The number of benzene rings is 2. The van der Waals surface area contributed by atoms with Crippen molar-refractivity contribution < 1.29 is 4.79 Å². The van der Waals surface area contributed by atoms with Gasteiger partial charge in [-0.05, 0) is 54.6 Å². The molecule has 22 heavy (non-hydrogen) atoms. The molecule has 112 valence electrons. The van der Waals surface area contributed by atoms with E-state index >= 15 is 0 Å². The van der Waals surface area contributed by atoms with E-state index in [0.717, 1.165) is 16.0 Å². The summed E-state index contributed by atoms with van der Waals surface area (Å²) >= 11 is 3.26. The smallest absolute Gasteiger partial charge is 0.257 e. The van der Waals surface area contributed by atoms with Crippen LogP contribution in [0.3, 0.4) is 0 Å². The predicted octanol–water partition coefficient (Wildman–Crippen LogP) is 4.97. The van der Waals surface area contributed by atoms with Gasteiger partial charge in [0, 0.05) is 10.5 Å². The molecule has 0 saturated heterocycles. The van der Waals surface area contributed by atoms with Crippen molar-refractivity contribution in [3.8, 4) is 0 Å². The van der Waals surface area contributed by atoms with E-state index in [1.165, 1.54) is 21.8 Å². The number of thiazole rings is 1. The van der Waals surface area contributed by atoms with Gasteiger partial charge < -0.3 is 0 Å². The van der Waals surface area contributed by atoms with Crippen LogP contribution in [0.5, 0.6) is 0 Å². The molecule has 1 N–H and O–H groups in total. The number of amides is 1. The summed E-state index contributed by atoms with van der Waals surface area (Å²) < 4.78 is 1.09. The average molecular weight is 328 g/mol. The highest BCUT2D eigenvalue weighted by molar-refractivity contribution is 7.99. The van der Waals surface area contributed by atoms with Gasteiger partial charge in [0.15, 0.2) is 5.13 Å². The average Bonchev–Trinajstić information content (AvgIpc) is 2.89. The van der Waals surface area contributed by atoms with Crippen molar-refractivity contribution in [1.82, 2.24) is 4.98 Å². The lowest BCUT2D eigenvalue weighted by Gasteiger charge is -2.03. The third-order valence-corrected chi connectivity index (χ3v) is 5.02. The molecule has 2 aromatic carbocycles. The number of hydrogen-bond acceptors (Lipinski definition) is 4. The van der Waals surface area contributed by atoms with Crippen molar-refractivity contribution in [2.75, 3.05) is 11.1 Å². The minimum atomic E-state index is -0.121. The number of aryl methyl sites for hydroxylation is 1. The Kier molecular flexibility index (Phi) is 4.45. The summed E-state index contributed by atoms with van der Waals surface area (Å²) in [6.07, 6.45) is 0. The highest BCUT2D eigenvalue weighted by atomic mass is 32.2. The number of anilines is 1. The lowest BCUT2D eigenvalue weighted by Crippen LogP contribution is -2.11. The van der Waals surface area contributed by atoms with Crippen molar-refractivity contribution in [2.24, 2.45) is 0 Å². The fourth-order valence-corrected chi connectivity index (χ4v) is 3.74. The predicted molar refractivity (Wildman–Crippen MR) is 95.2 cm³/mol. The molecule has 5 heteroatoms. The highest BCUT2D eigenvalue weighted by Crippen LogP contribution is 2.27. The number of nitrogens with one attached hydrogen (secondary N) is 1. The summed E-state index contributed by atoms with van der Waals surface area (Å²) in [4.78, 5) is 17.9. The largest absolute Gasteiger partial charge is 0.298 e. The van der Waals surface area contributed by atoms with Crippen LogP contribution in [-0.2, 0) is 0 Å². The third-order valence-electron chi connectivity index (χ3n) is 3.19. The molecule has 3 nitrogen and oxygen atoms in total. The van der Waals surface area contributed by atoms with Crippen LogP contribution in [-0.4, -0.2) is 16.6 Å². The molecule has 1 aromatic heterocycles. The summed E-state index contributed by atoms with van der Waals surface area (Å²) in [6.45, 7) is 4.16. The van der Waals surface area contributed by atoms with E-state index in [1.54, 1.807) is 11.8 Å². The Balaban J connectivity index is 1.77. The van der Waals surface area contributed by atoms with Crippen molar-refractivity contribution in [3.63, 3.8) is 0 Å². The molecular formula is C17H16N2OS2. The number of carbonyl (C=O) groups excluding carboxylic acids is 1. The second-order valence-electron chi connectivity index (χ2n) is 4.90. The minimum absolute atomic E-state index is 0.121. The van der Waals surface area contributed by atoms with Gasteiger partial charge in [-0.25, -0.2) is 4.98 Å². The van der Waals surface area contributed by atoms with E-state index in [1.807, 2.05) is 43.3 Å². The Morgan fingerprint density at radius 1 is 1.23 bits per heavy atom. The number of hydrogen-bond donors (Lipinski definition) is 1. The van der Waals surface area contributed by atoms with E-state index < -0.39 is 0 Å². The van der Waals surface area contributed by atoms with Crippen molar-refractivity contribution >= 4 is 44.4 Å². The first-order valence-corrected chi connectivity index (χ1v) is 8.87. The molecule has 0 bridgehead atoms. The molecule has 0 aliphatic rings. The van der Waals surface area contributed by atoms with Gasteiger partial charge in [0.25, 0.3) is 5.91 Å². The number of aromatic nitrogens is 1. The summed E-state index contributed by atoms with van der Waals surface area (Å²) in [7, 11) is 0. The molecule has 0 saturated carbocycles. The van der Waals surface area contributed by atoms with Crippen molar-refractivity contribution in [3.05, 3.63) is 53.6 Å². The minimum Gasteiger partial charge on any atom is -0.298 e. The Hall–Kier alpha value is -1.85. The number of thioether (sulfide) groups is 1. The Bertz CT molecular complexity index is 809. The second-order valence-corrected chi connectivity index (χ2v) is 7.27. The van der Waals surface area contributed by atoms with Gasteiger partial charge in [-0.15, -0.1) is 11.8 Å². The first-order valence-electron chi connectivity index (χ1n) is 7.07. The molecule has 0 spiro atoms. The lowest BCUT2D eigenvalue weighted by atomic mass is 10.2. The Morgan fingerprint density at radius 3 is 2.73 bits per heavy atom. The van der Waals surface area contributed by atoms with Crippen LogP contribution < -0.4 is 5.32 Å². The van der Waals surface area contributed by atoms with E-state index in [0.29, 0.717) is 10.7 Å². The second kappa shape index (κ2) is 6.50. The quantitative estimate of drug-likeness (QED) is 0.688. The summed E-state index contributed by atoms with van der Waals surface area (Å²) in [5.41, 5.74) is 2.76. The number of carbonyl (C=O) groups is 1. The van der Waals surface area contributed by atoms with Gasteiger partial charge in [0.2, 0.25) is 0 Å². The maximum absolute atomic E-state index is 12.3. The topological polar surface area (TPSA) is 42.0 Å². The van der Waals surface area contributed by atoms with Crippen LogP contribution in [0.2, 0.25) is 0 Å². The SMILES string of the molecule is CCSc1ccc(C(=O)Nc2nc3ccc(C)cc3s2)cc1. The van der Waals surface area contributed by atoms with Gasteiger partial charge in [-0.1, -0.05) is 24.3 Å². The molecule has 0 aliphatic heterocycles. The molecular weight excluding hydrogens is 312 g/mol. The molecule has 0 aliphatic carbocycles. The molecule has 1 amide bonds. The van der Waals surface area contributed by atoms with E-state index in [4.69, 9.17) is 0 Å². The monoisotopic (exact) mass is 328 g/mol. The number of nitrogens with zero attached hydrogens (tertiary/aromatic N) is 1. The number of rotatable bonds is 4. The van der Waals surface area contributed by atoms with Crippen molar-refractivity contribution in [2.45, 2.75) is 18.7 Å². The third kappa shape index (κ3) is 3.31. The van der Waals surface area contributed by atoms with Crippen LogP contribution in [0.1, 0.15) is 22.8 Å². The Morgan fingerprint density at radius 2 is 2.00 bits per heavy atom. The highest BCUT2D eigenvalue weighted by Gasteiger charge is 2.10. The zero-order valence-corrected chi connectivity index (χ0v) is 14.1. The molecule has 3 rings (SSSR count). The zero-order valence-electron chi connectivity index (χ0n) is 12.4. The maximum atomic E-state index is 12.3. The maximum Gasteiger partial charge on any atom is 0.257 e. The van der Waals surface area contributed by atoms with Gasteiger partial charge in [-0.2, -0.15) is 0 Å². The zero-order chi connectivity index (χ0) is 15.5. The molecule has 0 fully saturated rings. The summed E-state index contributed by atoms with van der Waals surface area (Å²) in [5.74, 6) is 0.903. The fraction of sp³-hybridized carbons (Fsp3) is 0.176. The molecule has 1 heterocycles. The first kappa shape index (κ1) is 15.1. The van der Waals surface area contributed by atoms with E-state index in [2.05, 4.69) is 23.3 Å². The lowest BCUT2D eigenvalue weighted by molar-refractivity contribution is 0.102. The Labute approximate surface area is 137 Å². The van der Waals surface area contributed by atoms with Crippen LogP contribution in [0, 0.1) is 6.92 Å². The van der Waals surface area contributed by atoms with Crippen molar-refractivity contribution in [1.29, 1.82) is 0 Å². The normalized spacial score (nSPS) is 10.8. The van der Waals surface area contributed by atoms with Gasteiger partial charge in [-0.3, -0.25) is 10.1 Å².